The maximum Gasteiger partial charge on any atom is 0.207 e. The highest BCUT2D eigenvalue weighted by Crippen LogP contribution is 2.45. The van der Waals surface area contributed by atoms with Crippen molar-refractivity contribution < 1.29 is 22.6 Å². The molecule has 31 heavy (non-hydrogen) atoms. The van der Waals surface area contributed by atoms with Crippen LogP contribution in [0, 0.1) is 17.5 Å². The number of rotatable bonds is 4. The molecule has 3 aromatic carbocycles. The molecule has 0 spiro atoms. The molecule has 0 radical (unpaired) electrons. The second-order valence-electron chi connectivity index (χ2n) is 8.15. The van der Waals surface area contributed by atoms with E-state index in [1.54, 1.807) is 37.3 Å². The van der Waals surface area contributed by atoms with Gasteiger partial charge in [0.2, 0.25) is 5.82 Å². The normalized spacial score (nSPS) is 15.4. The van der Waals surface area contributed by atoms with Gasteiger partial charge in [0.25, 0.3) is 0 Å². The summed E-state index contributed by atoms with van der Waals surface area (Å²) in [6.07, 6.45) is 4.48. The number of halogens is 3. The first-order valence-corrected chi connectivity index (χ1v) is 10.8. The molecular weight excluding hydrogens is 401 g/mol. The summed E-state index contributed by atoms with van der Waals surface area (Å²) in [4.78, 5) is 0. The van der Waals surface area contributed by atoms with Crippen molar-refractivity contribution in [3.63, 3.8) is 0 Å². The number of benzene rings is 3. The summed E-state index contributed by atoms with van der Waals surface area (Å²) < 4.78 is 56.0. The molecule has 0 bridgehead atoms. The number of hydrogen-bond acceptors (Lipinski definition) is 2. The van der Waals surface area contributed by atoms with Gasteiger partial charge in [-0.1, -0.05) is 37.1 Å². The van der Waals surface area contributed by atoms with E-state index in [9.17, 15) is 8.78 Å². The van der Waals surface area contributed by atoms with Gasteiger partial charge in [-0.2, -0.15) is 4.39 Å². The first-order chi connectivity index (χ1) is 15.1. The maximum atomic E-state index is 15.5. The summed E-state index contributed by atoms with van der Waals surface area (Å²) in [6.45, 7) is 1.97. The summed E-state index contributed by atoms with van der Waals surface area (Å²) in [5, 5.41) is 0. The van der Waals surface area contributed by atoms with Crippen molar-refractivity contribution in [2.75, 3.05) is 6.61 Å². The van der Waals surface area contributed by atoms with Gasteiger partial charge in [-0.15, -0.1) is 0 Å². The van der Waals surface area contributed by atoms with Crippen molar-refractivity contribution in [1.82, 2.24) is 0 Å². The van der Waals surface area contributed by atoms with Crippen LogP contribution >= 0.6 is 0 Å². The van der Waals surface area contributed by atoms with Crippen LogP contribution in [0.4, 0.5) is 13.2 Å². The molecule has 1 heterocycles. The summed E-state index contributed by atoms with van der Waals surface area (Å²) in [5.74, 6) is -1.01. The van der Waals surface area contributed by atoms with Crippen LogP contribution in [0.15, 0.2) is 42.5 Å². The van der Waals surface area contributed by atoms with Crippen LogP contribution < -0.4 is 9.47 Å². The van der Waals surface area contributed by atoms with Gasteiger partial charge in [-0.25, -0.2) is 8.78 Å². The molecule has 3 aromatic rings. The summed E-state index contributed by atoms with van der Waals surface area (Å²) >= 11 is 0. The Morgan fingerprint density at radius 2 is 1.58 bits per heavy atom. The fourth-order valence-corrected chi connectivity index (χ4v) is 4.79. The molecule has 0 aromatic heterocycles. The molecule has 0 amide bonds. The van der Waals surface area contributed by atoms with Crippen LogP contribution in [-0.4, -0.2) is 6.61 Å². The minimum atomic E-state index is -0.594. The molecule has 0 N–H and O–H groups in total. The molecular formula is C26H23F3O2. The Kier molecular flexibility index (Phi) is 5.12. The second-order valence-corrected chi connectivity index (χ2v) is 8.15. The topological polar surface area (TPSA) is 18.5 Å². The van der Waals surface area contributed by atoms with Gasteiger partial charge in [-0.05, 0) is 55.0 Å². The SMILES string of the molecule is CCOc1ccc2c(c1F)OCc1c-2ccc(-c2ccc(C3CCCC3)cc2F)c1F. The van der Waals surface area contributed by atoms with E-state index in [2.05, 4.69) is 0 Å². The first-order valence-electron chi connectivity index (χ1n) is 10.8. The molecule has 0 atom stereocenters. The lowest BCUT2D eigenvalue weighted by atomic mass is 9.90. The van der Waals surface area contributed by atoms with Crippen molar-refractivity contribution in [1.29, 1.82) is 0 Å². The zero-order valence-corrected chi connectivity index (χ0v) is 17.3. The first kappa shape index (κ1) is 20.0. The lowest BCUT2D eigenvalue weighted by molar-refractivity contribution is 0.267. The Labute approximate surface area is 179 Å². The molecule has 1 aliphatic heterocycles. The van der Waals surface area contributed by atoms with Gasteiger partial charge >= 0.3 is 0 Å². The molecule has 160 valence electrons. The fourth-order valence-electron chi connectivity index (χ4n) is 4.79. The smallest absolute Gasteiger partial charge is 0.207 e. The molecule has 5 heteroatoms. The van der Waals surface area contributed by atoms with E-state index in [1.165, 1.54) is 18.9 Å². The average molecular weight is 424 g/mol. The monoisotopic (exact) mass is 424 g/mol. The Morgan fingerprint density at radius 3 is 2.32 bits per heavy atom. The van der Waals surface area contributed by atoms with Gasteiger partial charge in [-0.3, -0.25) is 0 Å². The van der Waals surface area contributed by atoms with Crippen LogP contribution in [0.2, 0.25) is 0 Å². The fraction of sp³-hybridized carbons (Fsp3) is 0.308. The molecule has 5 rings (SSSR count). The van der Waals surface area contributed by atoms with E-state index < -0.39 is 17.5 Å². The Bertz CT molecular complexity index is 1150. The van der Waals surface area contributed by atoms with Gasteiger partial charge in [0, 0.05) is 22.3 Å². The van der Waals surface area contributed by atoms with Crippen molar-refractivity contribution in [2.24, 2.45) is 0 Å². The van der Waals surface area contributed by atoms with Gasteiger partial charge in [0.15, 0.2) is 11.5 Å². The zero-order chi connectivity index (χ0) is 21.5. The Hall–Kier alpha value is -2.95. The van der Waals surface area contributed by atoms with E-state index >= 15 is 4.39 Å². The summed E-state index contributed by atoms with van der Waals surface area (Å²) in [5.41, 5.74) is 2.71. The highest BCUT2D eigenvalue weighted by molar-refractivity contribution is 5.80. The predicted molar refractivity (Wildman–Crippen MR) is 114 cm³/mol. The molecule has 0 saturated heterocycles. The average Bonchev–Trinajstić information content (AvgIpc) is 3.31. The third kappa shape index (κ3) is 3.36. The minimum Gasteiger partial charge on any atom is -0.491 e. The molecule has 2 nitrogen and oxygen atoms in total. The third-order valence-electron chi connectivity index (χ3n) is 6.37. The van der Waals surface area contributed by atoms with Gasteiger partial charge in [0.1, 0.15) is 18.2 Å². The zero-order valence-electron chi connectivity index (χ0n) is 17.3. The summed E-state index contributed by atoms with van der Waals surface area (Å²) in [7, 11) is 0. The lowest BCUT2D eigenvalue weighted by Crippen LogP contribution is -2.11. The van der Waals surface area contributed by atoms with E-state index in [0.29, 0.717) is 29.2 Å². The highest BCUT2D eigenvalue weighted by atomic mass is 19.1. The van der Waals surface area contributed by atoms with Crippen LogP contribution in [0.1, 0.15) is 49.7 Å². The number of fused-ring (bicyclic) bond motifs is 3. The second kappa shape index (κ2) is 7.95. The van der Waals surface area contributed by atoms with Gasteiger partial charge < -0.3 is 9.47 Å². The van der Waals surface area contributed by atoms with Crippen LogP contribution in [0.25, 0.3) is 22.3 Å². The van der Waals surface area contributed by atoms with Crippen molar-refractivity contribution in [3.05, 3.63) is 71.0 Å². The van der Waals surface area contributed by atoms with Crippen LogP contribution in [-0.2, 0) is 6.61 Å². The molecule has 1 fully saturated rings. The molecule has 1 aliphatic carbocycles. The highest BCUT2D eigenvalue weighted by Gasteiger charge is 2.27. The lowest BCUT2D eigenvalue weighted by Gasteiger charge is -2.24. The van der Waals surface area contributed by atoms with E-state index in [1.807, 2.05) is 6.07 Å². The van der Waals surface area contributed by atoms with Crippen molar-refractivity contribution in [3.8, 4) is 33.8 Å². The Balaban J connectivity index is 1.54. The molecule has 2 aliphatic rings. The molecule has 0 unspecified atom stereocenters. The van der Waals surface area contributed by atoms with Crippen LogP contribution in [0.3, 0.4) is 0 Å². The number of ether oxygens (including phenoxy) is 2. The van der Waals surface area contributed by atoms with Crippen molar-refractivity contribution in [2.45, 2.75) is 45.1 Å². The van der Waals surface area contributed by atoms with Crippen molar-refractivity contribution >= 4 is 0 Å². The quantitative estimate of drug-likeness (QED) is 0.435. The molecule has 1 saturated carbocycles. The van der Waals surface area contributed by atoms with Crippen LogP contribution in [0.5, 0.6) is 11.5 Å². The minimum absolute atomic E-state index is 0.0534. The standard InChI is InChI=1S/C26H23F3O2/c1-2-30-23-12-11-20-17-9-10-19(24(28)21(17)14-31-26(20)25(23)29)18-8-7-16(13-22(18)27)15-5-3-4-6-15/h7-13,15H,2-6,14H2,1H3. The predicted octanol–water partition coefficient (Wildman–Crippen LogP) is 7.39. The maximum absolute atomic E-state index is 15.5. The largest absolute Gasteiger partial charge is 0.491 e. The number of hydrogen-bond donors (Lipinski definition) is 0. The van der Waals surface area contributed by atoms with E-state index in [4.69, 9.17) is 9.47 Å². The van der Waals surface area contributed by atoms with E-state index in [0.717, 1.165) is 18.4 Å². The van der Waals surface area contributed by atoms with Gasteiger partial charge in [0.05, 0.1) is 6.61 Å². The summed E-state index contributed by atoms with van der Waals surface area (Å²) in [6, 6.07) is 11.6. The third-order valence-corrected chi connectivity index (χ3v) is 6.37. The Morgan fingerprint density at radius 1 is 0.871 bits per heavy atom. The van der Waals surface area contributed by atoms with E-state index in [-0.39, 0.29) is 29.2 Å².